The van der Waals surface area contributed by atoms with Crippen molar-refractivity contribution in [3.8, 4) is 17.3 Å². The number of thioether (sulfide) groups is 1. The van der Waals surface area contributed by atoms with Crippen LogP contribution in [-0.4, -0.2) is 21.7 Å². The quantitative estimate of drug-likeness (QED) is 0.305. The minimum absolute atomic E-state index is 0.122. The van der Waals surface area contributed by atoms with Crippen molar-refractivity contribution in [2.75, 3.05) is 6.26 Å². The summed E-state index contributed by atoms with van der Waals surface area (Å²) in [5, 5.41) is 20.9. The second kappa shape index (κ2) is 5.27. The zero-order valence-corrected chi connectivity index (χ0v) is 14.2. The van der Waals surface area contributed by atoms with Gasteiger partial charge in [-0.2, -0.15) is 5.26 Å². The number of thiophene rings is 1. The van der Waals surface area contributed by atoms with E-state index in [9.17, 15) is 25.0 Å². The van der Waals surface area contributed by atoms with E-state index in [1.165, 1.54) is 40.6 Å². The number of benzene rings is 1. The van der Waals surface area contributed by atoms with Gasteiger partial charge in [-0.15, -0.1) is 23.1 Å². The summed E-state index contributed by atoms with van der Waals surface area (Å²) in [5.74, 6) is -0.472. The molecule has 122 valence electrons. The van der Waals surface area contributed by atoms with Crippen molar-refractivity contribution in [1.82, 2.24) is 4.57 Å². The fourth-order valence-corrected chi connectivity index (χ4v) is 4.86. The second-order valence-corrected chi connectivity index (χ2v) is 7.34. The van der Waals surface area contributed by atoms with Crippen molar-refractivity contribution in [2.45, 2.75) is 4.21 Å². The van der Waals surface area contributed by atoms with Crippen LogP contribution in [0.5, 0.6) is 0 Å². The average Bonchev–Trinajstić information content (AvgIpc) is 3.11. The van der Waals surface area contributed by atoms with Crippen molar-refractivity contribution < 1.29 is 9.72 Å². The maximum absolute atomic E-state index is 12.9. The van der Waals surface area contributed by atoms with Crippen LogP contribution in [0.3, 0.4) is 0 Å². The molecule has 0 N–H and O–H groups in total. The van der Waals surface area contributed by atoms with Crippen LogP contribution in [0.4, 0.5) is 5.69 Å². The summed E-state index contributed by atoms with van der Waals surface area (Å²) < 4.78 is 2.19. The van der Waals surface area contributed by atoms with E-state index in [4.69, 9.17) is 0 Å². The molecule has 0 bridgehead atoms. The molecule has 4 rings (SSSR count). The smallest absolute Gasteiger partial charge is 0.279 e. The Kier molecular flexibility index (Phi) is 3.28. The highest BCUT2D eigenvalue weighted by Crippen LogP contribution is 2.43. The standard InChI is InChI=1S/C16H7N3O4S2/c1-24-16-8(6-17)13-14(25-16)11(20)5-10-12-7(15(21)18(10)13)3-2-4-9(12)19(22)23/h2-5H,1H3. The van der Waals surface area contributed by atoms with Gasteiger partial charge in [0.25, 0.3) is 11.6 Å². The van der Waals surface area contributed by atoms with Crippen molar-refractivity contribution in [3.63, 3.8) is 0 Å². The zero-order valence-electron chi connectivity index (χ0n) is 12.6. The molecule has 1 aliphatic rings. The summed E-state index contributed by atoms with van der Waals surface area (Å²) in [5.41, 5.74) is 0.313. The number of nitrogens with zero attached hydrogens (tertiary/aromatic N) is 3. The van der Waals surface area contributed by atoms with Crippen LogP contribution in [0.1, 0.15) is 15.9 Å². The van der Waals surface area contributed by atoms with Gasteiger partial charge in [0.15, 0.2) is 5.43 Å². The summed E-state index contributed by atoms with van der Waals surface area (Å²) in [4.78, 5) is 36.2. The molecule has 0 radical (unpaired) electrons. The molecule has 1 aromatic carbocycles. The van der Waals surface area contributed by atoms with E-state index in [-0.39, 0.29) is 39.0 Å². The van der Waals surface area contributed by atoms with Gasteiger partial charge in [0, 0.05) is 12.1 Å². The van der Waals surface area contributed by atoms with Gasteiger partial charge in [-0.1, -0.05) is 6.07 Å². The first-order valence-corrected chi connectivity index (χ1v) is 9.02. The van der Waals surface area contributed by atoms with Gasteiger partial charge in [0.05, 0.1) is 31.5 Å². The van der Waals surface area contributed by atoms with Crippen LogP contribution in [0, 0.1) is 21.4 Å². The number of carbonyl (C=O) groups is 1. The minimum atomic E-state index is -0.581. The third kappa shape index (κ3) is 1.92. The van der Waals surface area contributed by atoms with Gasteiger partial charge < -0.3 is 0 Å². The number of nitriles is 1. The number of rotatable bonds is 2. The van der Waals surface area contributed by atoms with Crippen molar-refractivity contribution >= 4 is 44.9 Å². The fourth-order valence-electron chi connectivity index (χ4n) is 3.05. The summed E-state index contributed by atoms with van der Waals surface area (Å²) in [6.07, 6.45) is 1.78. The number of aromatic nitrogens is 1. The largest absolute Gasteiger partial charge is 0.288 e. The number of hydrogen-bond donors (Lipinski definition) is 0. The van der Waals surface area contributed by atoms with Gasteiger partial charge >= 0.3 is 0 Å². The normalized spacial score (nSPS) is 12.1. The Labute approximate surface area is 148 Å². The monoisotopic (exact) mass is 369 g/mol. The predicted octanol–water partition coefficient (Wildman–Crippen LogP) is 3.23. The molecule has 0 saturated carbocycles. The van der Waals surface area contributed by atoms with Crippen molar-refractivity contribution in [2.24, 2.45) is 0 Å². The lowest BCUT2D eigenvalue weighted by Crippen LogP contribution is -2.12. The first kappa shape index (κ1) is 15.6. The number of fused-ring (bicyclic) bond motifs is 5. The number of nitro groups is 1. The molecular formula is C16H7N3O4S2. The second-order valence-electron chi connectivity index (χ2n) is 5.25. The molecule has 7 nitrogen and oxygen atoms in total. The van der Waals surface area contributed by atoms with Crippen LogP contribution in [0.15, 0.2) is 33.3 Å². The summed E-state index contributed by atoms with van der Waals surface area (Å²) in [6.45, 7) is 0. The Morgan fingerprint density at radius 2 is 2.12 bits per heavy atom. The molecule has 0 amide bonds. The van der Waals surface area contributed by atoms with Crippen molar-refractivity contribution in [3.05, 3.63) is 55.7 Å². The van der Waals surface area contributed by atoms with E-state index in [1.807, 2.05) is 0 Å². The summed E-state index contributed by atoms with van der Waals surface area (Å²) in [6, 6.07) is 7.51. The van der Waals surface area contributed by atoms with Crippen LogP contribution in [-0.2, 0) is 0 Å². The lowest BCUT2D eigenvalue weighted by atomic mass is 10.0. The van der Waals surface area contributed by atoms with E-state index in [0.29, 0.717) is 8.91 Å². The SMILES string of the molecule is CSc1sc2c(=O)cc3n(c2c1C#N)C(=O)c1cccc([N+](=O)[O-])c1-3. The molecule has 2 aromatic heterocycles. The van der Waals surface area contributed by atoms with Gasteiger partial charge in [-0.05, 0) is 12.3 Å². The molecule has 25 heavy (non-hydrogen) atoms. The van der Waals surface area contributed by atoms with Crippen LogP contribution >= 0.6 is 23.1 Å². The maximum atomic E-state index is 12.9. The molecule has 0 saturated heterocycles. The number of nitro benzene ring substituents is 1. The Morgan fingerprint density at radius 3 is 2.76 bits per heavy atom. The molecular weight excluding hydrogens is 362 g/mol. The first-order valence-electron chi connectivity index (χ1n) is 6.98. The highest BCUT2D eigenvalue weighted by Gasteiger charge is 2.35. The highest BCUT2D eigenvalue weighted by molar-refractivity contribution is 8.00. The molecule has 0 atom stereocenters. The molecule has 9 heteroatoms. The van der Waals surface area contributed by atoms with Gasteiger partial charge in [0.2, 0.25) is 0 Å². The number of pyridine rings is 1. The van der Waals surface area contributed by atoms with E-state index in [0.717, 1.165) is 11.3 Å². The van der Waals surface area contributed by atoms with Crippen molar-refractivity contribution in [1.29, 1.82) is 5.26 Å². The average molecular weight is 369 g/mol. The zero-order chi connectivity index (χ0) is 17.9. The Hall–Kier alpha value is -2.96. The van der Waals surface area contributed by atoms with E-state index >= 15 is 0 Å². The fraction of sp³-hybridized carbons (Fsp3) is 0.0625. The van der Waals surface area contributed by atoms with Gasteiger partial charge in [-0.3, -0.25) is 24.3 Å². The topological polar surface area (TPSA) is 106 Å². The van der Waals surface area contributed by atoms with Gasteiger partial charge in [-0.25, -0.2) is 0 Å². The molecule has 0 aliphatic carbocycles. The first-order chi connectivity index (χ1) is 12.0. The Balaban J connectivity index is 2.24. The molecule has 3 aromatic rings. The van der Waals surface area contributed by atoms with Crippen LogP contribution in [0.2, 0.25) is 0 Å². The lowest BCUT2D eigenvalue weighted by molar-refractivity contribution is -0.384. The highest BCUT2D eigenvalue weighted by atomic mass is 32.2. The third-order valence-electron chi connectivity index (χ3n) is 4.03. The Bertz CT molecular complexity index is 1220. The number of carbonyl (C=O) groups excluding carboxylic acids is 1. The molecule has 1 aliphatic heterocycles. The lowest BCUT2D eigenvalue weighted by Gasteiger charge is -2.05. The summed E-state index contributed by atoms with van der Waals surface area (Å²) in [7, 11) is 0. The summed E-state index contributed by atoms with van der Waals surface area (Å²) >= 11 is 2.47. The predicted molar refractivity (Wildman–Crippen MR) is 94.4 cm³/mol. The van der Waals surface area contributed by atoms with Crippen LogP contribution < -0.4 is 5.43 Å². The Morgan fingerprint density at radius 1 is 1.36 bits per heavy atom. The maximum Gasteiger partial charge on any atom is 0.279 e. The van der Waals surface area contributed by atoms with E-state index in [2.05, 4.69) is 6.07 Å². The molecule has 0 fully saturated rings. The number of hydrogen-bond acceptors (Lipinski definition) is 7. The van der Waals surface area contributed by atoms with E-state index < -0.39 is 10.8 Å². The third-order valence-corrected chi connectivity index (χ3v) is 6.35. The molecule has 0 spiro atoms. The van der Waals surface area contributed by atoms with Crippen LogP contribution in [0.25, 0.3) is 21.5 Å². The molecule has 3 heterocycles. The van der Waals surface area contributed by atoms with Gasteiger partial charge in [0.1, 0.15) is 16.3 Å². The minimum Gasteiger partial charge on any atom is -0.288 e. The van der Waals surface area contributed by atoms with E-state index in [1.54, 1.807) is 6.26 Å². The molecule has 0 unspecified atom stereocenters.